The molecule has 0 radical (unpaired) electrons. The van der Waals surface area contributed by atoms with Crippen molar-refractivity contribution in [2.45, 2.75) is 42.9 Å². The summed E-state index contributed by atoms with van der Waals surface area (Å²) in [5.41, 5.74) is 1.27. The Kier molecular flexibility index (Phi) is 5.18. The van der Waals surface area contributed by atoms with Crippen molar-refractivity contribution in [3.8, 4) is 0 Å². The first-order chi connectivity index (χ1) is 9.46. The molecule has 20 heavy (non-hydrogen) atoms. The van der Waals surface area contributed by atoms with E-state index in [1.165, 1.54) is 5.56 Å². The van der Waals surface area contributed by atoms with Crippen LogP contribution in [0.4, 0.5) is 0 Å². The second-order valence-corrected chi connectivity index (χ2v) is 7.30. The van der Waals surface area contributed by atoms with Gasteiger partial charge in [0.25, 0.3) is 0 Å². The van der Waals surface area contributed by atoms with Crippen LogP contribution in [0.3, 0.4) is 0 Å². The smallest absolute Gasteiger partial charge is 0.116 e. The molecule has 0 atom stereocenters. The maximum Gasteiger partial charge on any atom is 0.116 e. The Morgan fingerprint density at radius 2 is 1.75 bits per heavy atom. The van der Waals surface area contributed by atoms with Gasteiger partial charge in [-0.2, -0.15) is 0 Å². The Bertz CT molecular complexity index is 581. The number of nitrogens with one attached hydrogen (secondary N) is 1. The van der Waals surface area contributed by atoms with Crippen molar-refractivity contribution in [2.24, 2.45) is 0 Å². The monoisotopic (exact) mass is 351 g/mol. The Morgan fingerprint density at radius 1 is 1.10 bits per heavy atom. The molecule has 0 saturated heterocycles. The zero-order chi connectivity index (χ0) is 14.6. The molecule has 0 aliphatic heterocycles. The zero-order valence-electron chi connectivity index (χ0n) is 11.9. The number of hydrogen-bond acceptors (Lipinski definition) is 4. The van der Waals surface area contributed by atoms with Gasteiger partial charge < -0.3 is 5.32 Å². The van der Waals surface area contributed by atoms with Crippen molar-refractivity contribution in [1.82, 2.24) is 15.3 Å². The summed E-state index contributed by atoms with van der Waals surface area (Å²) in [6, 6.07) is 7.97. The first kappa shape index (κ1) is 15.5. The van der Waals surface area contributed by atoms with Gasteiger partial charge in [0, 0.05) is 24.5 Å². The van der Waals surface area contributed by atoms with Crippen LogP contribution in [0.1, 0.15) is 26.3 Å². The number of aromatic nitrogens is 2. The molecular weight excluding hydrogens is 334 g/mol. The summed E-state index contributed by atoms with van der Waals surface area (Å²) < 4.78 is 0.991. The van der Waals surface area contributed by atoms with Crippen molar-refractivity contribution in [3.05, 3.63) is 46.7 Å². The van der Waals surface area contributed by atoms with Crippen LogP contribution in [-0.2, 0) is 6.54 Å². The van der Waals surface area contributed by atoms with Crippen LogP contribution >= 0.6 is 27.7 Å². The molecule has 0 aliphatic carbocycles. The Labute approximate surface area is 132 Å². The summed E-state index contributed by atoms with van der Waals surface area (Å²) in [5.74, 6) is 0. The van der Waals surface area contributed by atoms with Gasteiger partial charge in [0.15, 0.2) is 0 Å². The lowest BCUT2D eigenvalue weighted by atomic mass is 10.1. The van der Waals surface area contributed by atoms with Crippen LogP contribution in [0.5, 0.6) is 0 Å². The fraction of sp³-hybridized carbons (Fsp3) is 0.333. The van der Waals surface area contributed by atoms with E-state index >= 15 is 0 Å². The Balaban J connectivity index is 2.18. The third kappa shape index (κ3) is 4.58. The van der Waals surface area contributed by atoms with Gasteiger partial charge in [-0.25, -0.2) is 9.97 Å². The molecule has 0 fully saturated rings. The van der Waals surface area contributed by atoms with E-state index in [1.54, 1.807) is 18.0 Å². The SMILES string of the molecule is CC(C)(C)NCc1cccnc1Sc1ncccc1Br. The number of rotatable bonds is 4. The molecule has 2 aromatic heterocycles. The molecular formula is C15H18BrN3S. The van der Waals surface area contributed by atoms with Crippen LogP contribution in [0.25, 0.3) is 0 Å². The molecule has 0 aliphatic rings. The van der Waals surface area contributed by atoms with Gasteiger partial charge in [0.2, 0.25) is 0 Å². The third-order valence-electron chi connectivity index (χ3n) is 2.58. The van der Waals surface area contributed by atoms with Gasteiger partial charge in [-0.05, 0) is 72.2 Å². The molecule has 106 valence electrons. The number of pyridine rings is 2. The maximum absolute atomic E-state index is 4.48. The molecule has 0 amide bonds. The van der Waals surface area contributed by atoms with Gasteiger partial charge in [-0.3, -0.25) is 0 Å². The van der Waals surface area contributed by atoms with Crippen LogP contribution < -0.4 is 5.32 Å². The average molecular weight is 352 g/mol. The lowest BCUT2D eigenvalue weighted by Crippen LogP contribution is -2.35. The molecule has 2 rings (SSSR count). The van der Waals surface area contributed by atoms with E-state index in [-0.39, 0.29) is 5.54 Å². The highest BCUT2D eigenvalue weighted by atomic mass is 79.9. The highest BCUT2D eigenvalue weighted by Gasteiger charge is 2.12. The van der Waals surface area contributed by atoms with Gasteiger partial charge in [-0.1, -0.05) is 6.07 Å². The standard InChI is InChI=1S/C15H18BrN3S/c1-15(2,3)19-10-11-6-4-8-17-13(11)20-14-12(16)7-5-9-18-14/h4-9,19H,10H2,1-3H3. The molecule has 1 N–H and O–H groups in total. The zero-order valence-corrected chi connectivity index (χ0v) is 14.3. The number of hydrogen-bond donors (Lipinski definition) is 1. The summed E-state index contributed by atoms with van der Waals surface area (Å²) in [4.78, 5) is 8.86. The lowest BCUT2D eigenvalue weighted by Gasteiger charge is -2.21. The normalized spacial score (nSPS) is 11.6. The van der Waals surface area contributed by atoms with Gasteiger partial charge in [-0.15, -0.1) is 0 Å². The number of nitrogens with zero attached hydrogens (tertiary/aromatic N) is 2. The molecule has 5 heteroatoms. The van der Waals surface area contributed by atoms with E-state index in [0.717, 1.165) is 21.1 Å². The van der Waals surface area contributed by atoms with E-state index in [2.05, 4.69) is 58.1 Å². The van der Waals surface area contributed by atoms with Crippen molar-refractivity contribution in [1.29, 1.82) is 0 Å². The van der Waals surface area contributed by atoms with Crippen molar-refractivity contribution in [3.63, 3.8) is 0 Å². The van der Waals surface area contributed by atoms with Crippen LogP contribution in [0.15, 0.2) is 51.2 Å². The fourth-order valence-electron chi connectivity index (χ4n) is 1.55. The number of halogens is 1. The summed E-state index contributed by atoms with van der Waals surface area (Å²) in [5, 5.41) is 5.42. The average Bonchev–Trinajstić information content (AvgIpc) is 2.39. The van der Waals surface area contributed by atoms with E-state index in [4.69, 9.17) is 0 Å². The molecule has 0 spiro atoms. The van der Waals surface area contributed by atoms with Gasteiger partial charge >= 0.3 is 0 Å². The largest absolute Gasteiger partial charge is 0.308 e. The third-order valence-corrected chi connectivity index (χ3v) is 4.56. The van der Waals surface area contributed by atoms with Gasteiger partial charge in [0.05, 0.1) is 4.47 Å². The molecule has 0 bridgehead atoms. The minimum atomic E-state index is 0.0867. The predicted octanol–water partition coefficient (Wildman–Crippen LogP) is 4.28. The summed E-state index contributed by atoms with van der Waals surface area (Å²) >= 11 is 5.10. The second kappa shape index (κ2) is 6.70. The van der Waals surface area contributed by atoms with Crippen LogP contribution in [-0.4, -0.2) is 15.5 Å². The van der Waals surface area contributed by atoms with Gasteiger partial charge in [0.1, 0.15) is 10.1 Å². The minimum Gasteiger partial charge on any atom is -0.308 e. The first-order valence-corrected chi connectivity index (χ1v) is 8.04. The second-order valence-electron chi connectivity index (χ2n) is 5.46. The summed E-state index contributed by atoms with van der Waals surface area (Å²) in [6.45, 7) is 7.27. The highest BCUT2D eigenvalue weighted by molar-refractivity contribution is 9.10. The summed E-state index contributed by atoms with van der Waals surface area (Å²) in [6.07, 6.45) is 3.61. The van der Waals surface area contributed by atoms with Crippen molar-refractivity contribution < 1.29 is 0 Å². The topological polar surface area (TPSA) is 37.8 Å². The molecule has 3 nitrogen and oxygen atoms in total. The van der Waals surface area contributed by atoms with E-state index in [1.807, 2.05) is 24.4 Å². The molecule has 0 unspecified atom stereocenters. The van der Waals surface area contributed by atoms with E-state index in [0.29, 0.717) is 0 Å². The quantitative estimate of drug-likeness (QED) is 0.891. The molecule has 2 aromatic rings. The molecule has 2 heterocycles. The molecule has 0 saturated carbocycles. The van der Waals surface area contributed by atoms with E-state index < -0.39 is 0 Å². The Hall–Kier alpha value is -0.910. The fourth-order valence-corrected chi connectivity index (χ4v) is 2.89. The highest BCUT2D eigenvalue weighted by Crippen LogP contribution is 2.32. The predicted molar refractivity (Wildman–Crippen MR) is 86.9 cm³/mol. The molecule has 0 aromatic carbocycles. The van der Waals surface area contributed by atoms with Crippen molar-refractivity contribution in [2.75, 3.05) is 0 Å². The van der Waals surface area contributed by atoms with Crippen LogP contribution in [0, 0.1) is 0 Å². The minimum absolute atomic E-state index is 0.0867. The summed E-state index contributed by atoms with van der Waals surface area (Å²) in [7, 11) is 0. The maximum atomic E-state index is 4.48. The Morgan fingerprint density at radius 3 is 2.40 bits per heavy atom. The lowest BCUT2D eigenvalue weighted by molar-refractivity contribution is 0.422. The first-order valence-electron chi connectivity index (χ1n) is 6.43. The van der Waals surface area contributed by atoms with Crippen molar-refractivity contribution >= 4 is 27.7 Å². The van der Waals surface area contributed by atoms with E-state index in [9.17, 15) is 0 Å². The van der Waals surface area contributed by atoms with Crippen LogP contribution in [0.2, 0.25) is 0 Å².